The average molecular weight is 385 g/mol. The van der Waals surface area contributed by atoms with Crippen LogP contribution in [-0.4, -0.2) is 45.7 Å². The lowest BCUT2D eigenvalue weighted by molar-refractivity contribution is -0.121. The van der Waals surface area contributed by atoms with Crippen LogP contribution >= 0.6 is 46.6 Å². The van der Waals surface area contributed by atoms with Crippen LogP contribution in [0.15, 0.2) is 12.1 Å². The first-order valence-corrected chi connectivity index (χ1v) is 8.45. The van der Waals surface area contributed by atoms with Gasteiger partial charge in [-0.1, -0.05) is 34.8 Å². The fourth-order valence-corrected chi connectivity index (χ4v) is 4.05. The Bertz CT molecular complexity index is 590. The van der Waals surface area contributed by atoms with E-state index in [1.807, 2.05) is 0 Å². The summed E-state index contributed by atoms with van der Waals surface area (Å²) in [6.45, 7) is -0.402. The summed E-state index contributed by atoms with van der Waals surface area (Å²) >= 11 is 19.0. The molecule has 0 spiro atoms. The summed E-state index contributed by atoms with van der Waals surface area (Å²) in [6.07, 6.45) is -0.957. The summed E-state index contributed by atoms with van der Waals surface area (Å²) in [5, 5.41) is 18.0. The second-order valence-corrected chi connectivity index (χ2v) is 7.13. The van der Waals surface area contributed by atoms with Gasteiger partial charge in [0.05, 0.1) is 33.7 Å². The second kappa shape index (κ2) is 7.38. The lowest BCUT2D eigenvalue weighted by atomic mass is 10.3. The van der Waals surface area contributed by atoms with E-state index in [0.29, 0.717) is 5.02 Å². The standard InChI is InChI=1S/C13H12Cl3NO4S/c14-6-1-8(15)12(9(16)2-6)17-11(20)3-10(13(17)21)22-5-7(19)4-18/h1-2,7,10,18-19H,3-5H2. The van der Waals surface area contributed by atoms with Crippen molar-refractivity contribution < 1.29 is 19.8 Å². The first-order valence-electron chi connectivity index (χ1n) is 6.27. The lowest BCUT2D eigenvalue weighted by Crippen LogP contribution is -2.32. The summed E-state index contributed by atoms with van der Waals surface area (Å²) < 4.78 is 0. The van der Waals surface area contributed by atoms with Gasteiger partial charge in [-0.15, -0.1) is 11.8 Å². The zero-order valence-electron chi connectivity index (χ0n) is 11.1. The molecule has 1 aromatic rings. The molecule has 1 heterocycles. The Balaban J connectivity index is 2.23. The van der Waals surface area contributed by atoms with Crippen molar-refractivity contribution in [3.05, 3.63) is 27.2 Å². The highest BCUT2D eigenvalue weighted by Crippen LogP contribution is 2.40. The van der Waals surface area contributed by atoms with Crippen molar-refractivity contribution in [2.24, 2.45) is 0 Å². The maximum Gasteiger partial charge on any atom is 0.247 e. The van der Waals surface area contributed by atoms with E-state index in [1.54, 1.807) is 0 Å². The fourth-order valence-electron chi connectivity index (χ4n) is 2.00. The van der Waals surface area contributed by atoms with Gasteiger partial charge in [-0.25, -0.2) is 4.90 Å². The molecule has 2 amide bonds. The first-order chi connectivity index (χ1) is 10.3. The molecule has 22 heavy (non-hydrogen) atoms. The molecule has 1 saturated heterocycles. The molecule has 0 bridgehead atoms. The third-order valence-corrected chi connectivity index (χ3v) is 5.15. The normalized spacial score (nSPS) is 19.9. The zero-order valence-corrected chi connectivity index (χ0v) is 14.2. The largest absolute Gasteiger partial charge is 0.394 e. The number of hydrogen-bond donors (Lipinski definition) is 2. The molecule has 0 aliphatic carbocycles. The summed E-state index contributed by atoms with van der Waals surface area (Å²) in [6, 6.07) is 2.81. The van der Waals surface area contributed by atoms with Crippen LogP contribution in [0, 0.1) is 0 Å². The van der Waals surface area contributed by atoms with Crippen LogP contribution in [0.4, 0.5) is 5.69 Å². The van der Waals surface area contributed by atoms with Crippen molar-refractivity contribution in [3.8, 4) is 0 Å². The molecule has 120 valence electrons. The van der Waals surface area contributed by atoms with Gasteiger partial charge in [0.1, 0.15) is 0 Å². The number of benzene rings is 1. The topological polar surface area (TPSA) is 77.8 Å². The van der Waals surface area contributed by atoms with Crippen molar-refractivity contribution in [2.75, 3.05) is 17.3 Å². The fraction of sp³-hybridized carbons (Fsp3) is 0.385. The molecule has 2 atom stereocenters. The van der Waals surface area contributed by atoms with Gasteiger partial charge >= 0.3 is 0 Å². The SMILES string of the molecule is O=C1CC(SCC(O)CO)C(=O)N1c1c(Cl)cc(Cl)cc1Cl. The molecule has 2 N–H and O–H groups in total. The van der Waals surface area contributed by atoms with Crippen LogP contribution < -0.4 is 4.90 Å². The molecule has 9 heteroatoms. The minimum Gasteiger partial charge on any atom is -0.394 e. The van der Waals surface area contributed by atoms with Crippen molar-refractivity contribution in [2.45, 2.75) is 17.8 Å². The summed E-state index contributed by atoms with van der Waals surface area (Å²) in [5.41, 5.74) is 0.119. The van der Waals surface area contributed by atoms with Gasteiger partial charge in [-0.3, -0.25) is 9.59 Å². The minimum absolute atomic E-state index is 0.0169. The van der Waals surface area contributed by atoms with Gasteiger partial charge in [0.15, 0.2) is 0 Å². The van der Waals surface area contributed by atoms with Crippen LogP contribution in [0.5, 0.6) is 0 Å². The molecule has 1 aliphatic heterocycles. The highest BCUT2D eigenvalue weighted by atomic mass is 35.5. The monoisotopic (exact) mass is 383 g/mol. The number of hydrogen-bond acceptors (Lipinski definition) is 5. The number of aliphatic hydroxyl groups excluding tert-OH is 2. The lowest BCUT2D eigenvalue weighted by Gasteiger charge is -2.18. The zero-order chi connectivity index (χ0) is 16.4. The van der Waals surface area contributed by atoms with E-state index < -0.39 is 29.8 Å². The summed E-state index contributed by atoms with van der Waals surface area (Å²) in [5.74, 6) is -0.728. The minimum atomic E-state index is -0.940. The van der Waals surface area contributed by atoms with Crippen LogP contribution in [0.3, 0.4) is 0 Å². The van der Waals surface area contributed by atoms with E-state index in [-0.39, 0.29) is 27.9 Å². The van der Waals surface area contributed by atoms with Gasteiger partial charge in [-0.05, 0) is 12.1 Å². The van der Waals surface area contributed by atoms with Crippen LogP contribution in [0.1, 0.15) is 6.42 Å². The van der Waals surface area contributed by atoms with E-state index in [2.05, 4.69) is 0 Å². The van der Waals surface area contributed by atoms with Crippen molar-refractivity contribution in [1.82, 2.24) is 0 Å². The smallest absolute Gasteiger partial charge is 0.247 e. The Kier molecular flexibility index (Phi) is 5.99. The molecule has 0 aromatic heterocycles. The number of nitrogens with zero attached hydrogens (tertiary/aromatic N) is 1. The molecule has 1 fully saturated rings. The van der Waals surface area contributed by atoms with E-state index in [9.17, 15) is 14.7 Å². The Morgan fingerprint density at radius 1 is 1.27 bits per heavy atom. The van der Waals surface area contributed by atoms with Gasteiger partial charge in [0.2, 0.25) is 11.8 Å². The molecule has 5 nitrogen and oxygen atoms in total. The third-order valence-electron chi connectivity index (χ3n) is 3.01. The molecule has 1 aromatic carbocycles. The molecular weight excluding hydrogens is 373 g/mol. The van der Waals surface area contributed by atoms with Crippen LogP contribution in [0.2, 0.25) is 15.1 Å². The van der Waals surface area contributed by atoms with Gasteiger partial charge in [-0.2, -0.15) is 0 Å². The van der Waals surface area contributed by atoms with Crippen LogP contribution in [-0.2, 0) is 9.59 Å². The highest BCUT2D eigenvalue weighted by molar-refractivity contribution is 8.00. The van der Waals surface area contributed by atoms with Crippen molar-refractivity contribution in [3.63, 3.8) is 0 Å². The highest BCUT2D eigenvalue weighted by Gasteiger charge is 2.41. The molecule has 2 unspecified atom stereocenters. The average Bonchev–Trinajstić information content (AvgIpc) is 2.71. The number of amides is 2. The Labute approximate surface area is 146 Å². The molecule has 1 aliphatic rings. The van der Waals surface area contributed by atoms with Crippen molar-refractivity contribution in [1.29, 1.82) is 0 Å². The number of carbonyl (C=O) groups is 2. The molecule has 0 saturated carbocycles. The predicted molar refractivity (Wildman–Crippen MR) is 87.9 cm³/mol. The number of aliphatic hydroxyl groups is 2. The number of thioether (sulfide) groups is 1. The quantitative estimate of drug-likeness (QED) is 0.762. The van der Waals surface area contributed by atoms with E-state index in [1.165, 1.54) is 12.1 Å². The third kappa shape index (κ3) is 3.69. The summed E-state index contributed by atoms with van der Waals surface area (Å²) in [4.78, 5) is 25.5. The van der Waals surface area contributed by atoms with Crippen molar-refractivity contribution >= 4 is 64.1 Å². The molecule has 0 radical (unpaired) electrons. The van der Waals surface area contributed by atoms with Crippen LogP contribution in [0.25, 0.3) is 0 Å². The number of carbonyl (C=O) groups excluding carboxylic acids is 2. The first kappa shape index (κ1) is 17.8. The Morgan fingerprint density at radius 2 is 1.86 bits per heavy atom. The maximum atomic E-state index is 12.4. The Hall–Kier alpha value is -0.500. The van der Waals surface area contributed by atoms with Gasteiger partial charge in [0.25, 0.3) is 0 Å². The van der Waals surface area contributed by atoms with Gasteiger partial charge < -0.3 is 10.2 Å². The van der Waals surface area contributed by atoms with E-state index in [4.69, 9.17) is 39.9 Å². The second-order valence-electron chi connectivity index (χ2n) is 4.65. The summed E-state index contributed by atoms with van der Waals surface area (Å²) in [7, 11) is 0. The Morgan fingerprint density at radius 3 is 2.41 bits per heavy atom. The number of halogens is 3. The van der Waals surface area contributed by atoms with E-state index in [0.717, 1.165) is 16.7 Å². The number of anilines is 1. The number of rotatable bonds is 5. The predicted octanol–water partition coefficient (Wildman–Crippen LogP) is 2.37. The molecule has 2 rings (SSSR count). The number of imide groups is 1. The van der Waals surface area contributed by atoms with E-state index >= 15 is 0 Å². The molecular formula is C13H12Cl3NO4S. The van der Waals surface area contributed by atoms with Gasteiger partial charge in [0, 0.05) is 17.2 Å². The maximum absolute atomic E-state index is 12.4.